The van der Waals surface area contributed by atoms with E-state index in [0.29, 0.717) is 0 Å². The van der Waals surface area contributed by atoms with Crippen LogP contribution in [0.25, 0.3) is 0 Å². The number of benzene rings is 1. The molecule has 0 spiro atoms. The summed E-state index contributed by atoms with van der Waals surface area (Å²) in [7, 11) is 0. The Hall–Kier alpha value is -2.81. The van der Waals surface area contributed by atoms with Crippen molar-refractivity contribution < 1.29 is 19.2 Å². The van der Waals surface area contributed by atoms with Crippen LogP contribution in [-0.2, 0) is 4.79 Å². The summed E-state index contributed by atoms with van der Waals surface area (Å²) in [5.74, 6) is -1.09. The number of rotatable bonds is 6. The Kier molecular flexibility index (Phi) is 5.81. The molecule has 0 unspecified atom stereocenters. The van der Waals surface area contributed by atoms with Crippen molar-refractivity contribution in [2.75, 3.05) is 5.32 Å². The zero-order valence-electron chi connectivity index (χ0n) is 13.9. The molecule has 0 saturated heterocycles. The number of hydrogen-bond donors (Lipinski definition) is 1. The number of amides is 1. The molecule has 1 N–H and O–H groups in total. The lowest BCUT2D eigenvalue weighted by Gasteiger charge is -2.15. The summed E-state index contributed by atoms with van der Waals surface area (Å²) in [6.07, 6.45) is 1.07. The van der Waals surface area contributed by atoms with Crippen molar-refractivity contribution in [1.29, 1.82) is 0 Å². The molecule has 2 aromatic rings. The van der Waals surface area contributed by atoms with Gasteiger partial charge >= 0.3 is 11.0 Å². The third-order valence-electron chi connectivity index (χ3n) is 3.61. The van der Waals surface area contributed by atoms with Crippen LogP contribution in [0.3, 0.4) is 0 Å². The van der Waals surface area contributed by atoms with Gasteiger partial charge in [-0.2, -0.15) is 0 Å². The number of thiazole rings is 1. The molecule has 2 rings (SSSR count). The zero-order chi connectivity index (χ0) is 18.6. The Morgan fingerprint density at radius 1 is 1.28 bits per heavy atom. The van der Waals surface area contributed by atoms with Gasteiger partial charge in [-0.3, -0.25) is 25.0 Å². The molecule has 1 amide bonds. The molecule has 0 bridgehead atoms. The standard InChI is InChI=1S/C16H17N3O5S/c1-9(2)10(3)15(21)24-12-7-5-4-6-11(12)14(20)18-16-17-8-13(25-16)19(22)23/h4-10H,1-3H3,(H,17,18,20)/t10-/m0/s1. The molecular weight excluding hydrogens is 346 g/mol. The van der Waals surface area contributed by atoms with E-state index in [4.69, 9.17) is 4.74 Å². The Morgan fingerprint density at radius 3 is 2.56 bits per heavy atom. The first-order valence-electron chi connectivity index (χ1n) is 7.52. The number of nitrogens with one attached hydrogen (secondary N) is 1. The number of hydrogen-bond acceptors (Lipinski definition) is 7. The second-order valence-electron chi connectivity index (χ2n) is 5.66. The highest BCUT2D eigenvalue weighted by Crippen LogP contribution is 2.27. The average molecular weight is 363 g/mol. The second kappa shape index (κ2) is 7.84. The first kappa shape index (κ1) is 18.5. The van der Waals surface area contributed by atoms with Crippen LogP contribution in [0.15, 0.2) is 30.5 Å². The summed E-state index contributed by atoms with van der Waals surface area (Å²) < 4.78 is 5.35. The lowest BCUT2D eigenvalue weighted by molar-refractivity contribution is -0.380. The van der Waals surface area contributed by atoms with Crippen molar-refractivity contribution in [2.45, 2.75) is 20.8 Å². The number of carbonyl (C=O) groups is 2. The van der Waals surface area contributed by atoms with Gasteiger partial charge < -0.3 is 4.74 Å². The Labute approximate surface area is 148 Å². The monoisotopic (exact) mass is 363 g/mol. The molecule has 0 aliphatic heterocycles. The quantitative estimate of drug-likeness (QED) is 0.364. The first-order valence-corrected chi connectivity index (χ1v) is 8.33. The maximum Gasteiger partial charge on any atom is 0.345 e. The van der Waals surface area contributed by atoms with Crippen LogP contribution in [-0.4, -0.2) is 21.8 Å². The molecule has 0 aliphatic rings. The lowest BCUT2D eigenvalue weighted by Crippen LogP contribution is -2.23. The topological polar surface area (TPSA) is 111 Å². The van der Waals surface area contributed by atoms with E-state index < -0.39 is 16.8 Å². The normalized spacial score (nSPS) is 11.8. The highest BCUT2D eigenvalue weighted by atomic mass is 32.1. The fraction of sp³-hybridized carbons (Fsp3) is 0.312. The summed E-state index contributed by atoms with van der Waals surface area (Å²) in [4.78, 5) is 38.4. The summed E-state index contributed by atoms with van der Waals surface area (Å²) >= 11 is 0.743. The number of para-hydroxylation sites is 1. The van der Waals surface area contributed by atoms with Gasteiger partial charge in [-0.25, -0.2) is 4.98 Å². The van der Waals surface area contributed by atoms with Crippen LogP contribution in [0.2, 0.25) is 0 Å². The largest absolute Gasteiger partial charge is 0.425 e. The van der Waals surface area contributed by atoms with Crippen molar-refractivity contribution in [3.8, 4) is 5.75 Å². The third-order valence-corrected chi connectivity index (χ3v) is 4.47. The Bertz CT molecular complexity index is 803. The van der Waals surface area contributed by atoms with Gasteiger partial charge in [0.25, 0.3) is 5.91 Å². The minimum atomic E-state index is -0.587. The van der Waals surface area contributed by atoms with E-state index in [0.717, 1.165) is 17.5 Å². The van der Waals surface area contributed by atoms with Crippen LogP contribution in [0.5, 0.6) is 5.75 Å². The predicted molar refractivity (Wildman–Crippen MR) is 92.8 cm³/mol. The molecule has 1 aromatic heterocycles. The van der Waals surface area contributed by atoms with Crippen LogP contribution >= 0.6 is 11.3 Å². The van der Waals surface area contributed by atoms with Gasteiger partial charge in [0.15, 0.2) is 5.13 Å². The fourth-order valence-corrected chi connectivity index (χ4v) is 2.42. The van der Waals surface area contributed by atoms with Gasteiger partial charge in [-0.1, -0.05) is 32.9 Å². The molecule has 0 radical (unpaired) electrons. The number of ether oxygens (including phenoxy) is 1. The number of aromatic nitrogens is 1. The van der Waals surface area contributed by atoms with Gasteiger partial charge in [-0.05, 0) is 29.4 Å². The summed E-state index contributed by atoms with van der Waals surface area (Å²) in [6.45, 7) is 5.56. The number of anilines is 1. The number of nitro groups is 1. The maximum absolute atomic E-state index is 12.4. The van der Waals surface area contributed by atoms with Gasteiger partial charge in [0, 0.05) is 0 Å². The smallest absolute Gasteiger partial charge is 0.345 e. The molecule has 1 heterocycles. The molecule has 132 valence electrons. The van der Waals surface area contributed by atoms with Gasteiger partial charge in [-0.15, -0.1) is 0 Å². The number of carbonyl (C=O) groups excluding carboxylic acids is 2. The summed E-state index contributed by atoms with van der Waals surface area (Å²) in [5.41, 5.74) is 0.143. The third kappa shape index (κ3) is 4.60. The average Bonchev–Trinajstić information content (AvgIpc) is 3.03. The molecule has 0 fully saturated rings. The van der Waals surface area contributed by atoms with E-state index in [-0.39, 0.29) is 33.3 Å². The van der Waals surface area contributed by atoms with Crippen LogP contribution in [0.4, 0.5) is 10.1 Å². The van der Waals surface area contributed by atoms with E-state index >= 15 is 0 Å². The van der Waals surface area contributed by atoms with E-state index in [9.17, 15) is 19.7 Å². The van der Waals surface area contributed by atoms with Crippen LogP contribution < -0.4 is 10.1 Å². The number of esters is 1. The lowest BCUT2D eigenvalue weighted by atomic mass is 9.98. The maximum atomic E-state index is 12.4. The minimum Gasteiger partial charge on any atom is -0.425 e. The molecule has 0 saturated carbocycles. The summed E-state index contributed by atoms with van der Waals surface area (Å²) in [6, 6.07) is 6.29. The number of nitrogens with zero attached hydrogens (tertiary/aromatic N) is 2. The minimum absolute atomic E-state index is 0.0911. The van der Waals surface area contributed by atoms with Crippen LogP contribution in [0.1, 0.15) is 31.1 Å². The van der Waals surface area contributed by atoms with E-state index in [1.807, 2.05) is 13.8 Å². The predicted octanol–water partition coefficient (Wildman–Crippen LogP) is 3.50. The second-order valence-corrected chi connectivity index (χ2v) is 6.67. The SMILES string of the molecule is CC(C)[C@H](C)C(=O)Oc1ccccc1C(=O)Nc1ncc([N+](=O)[O-])s1. The van der Waals surface area contributed by atoms with E-state index in [2.05, 4.69) is 10.3 Å². The highest BCUT2D eigenvalue weighted by Gasteiger charge is 2.22. The zero-order valence-corrected chi connectivity index (χ0v) is 14.7. The Morgan fingerprint density at radius 2 is 1.96 bits per heavy atom. The summed E-state index contributed by atoms with van der Waals surface area (Å²) in [5, 5.41) is 13.1. The van der Waals surface area contributed by atoms with E-state index in [1.54, 1.807) is 19.1 Å². The highest BCUT2D eigenvalue weighted by molar-refractivity contribution is 7.18. The van der Waals surface area contributed by atoms with Gasteiger partial charge in [0.1, 0.15) is 11.9 Å². The first-order chi connectivity index (χ1) is 11.8. The molecule has 8 nitrogen and oxygen atoms in total. The van der Waals surface area contributed by atoms with Crippen molar-refractivity contribution in [1.82, 2.24) is 4.98 Å². The molecule has 25 heavy (non-hydrogen) atoms. The Balaban J connectivity index is 2.17. The van der Waals surface area contributed by atoms with Gasteiger partial charge in [0.05, 0.1) is 16.4 Å². The van der Waals surface area contributed by atoms with Crippen LogP contribution in [0, 0.1) is 22.0 Å². The van der Waals surface area contributed by atoms with Crippen molar-refractivity contribution in [3.63, 3.8) is 0 Å². The molecule has 9 heteroatoms. The molecule has 0 aliphatic carbocycles. The molecular formula is C16H17N3O5S. The van der Waals surface area contributed by atoms with E-state index in [1.165, 1.54) is 12.1 Å². The van der Waals surface area contributed by atoms with Crippen molar-refractivity contribution in [2.24, 2.45) is 11.8 Å². The fourth-order valence-electron chi connectivity index (χ4n) is 1.79. The van der Waals surface area contributed by atoms with Crippen molar-refractivity contribution >= 4 is 33.3 Å². The molecule has 1 aromatic carbocycles. The van der Waals surface area contributed by atoms with Gasteiger partial charge in [0.2, 0.25) is 0 Å². The molecule has 1 atom stereocenters. The van der Waals surface area contributed by atoms with Crippen molar-refractivity contribution in [3.05, 3.63) is 46.1 Å².